The van der Waals surface area contributed by atoms with Gasteiger partial charge in [0.1, 0.15) is 5.76 Å². The number of benzene rings is 1. The van der Waals surface area contributed by atoms with Gasteiger partial charge in [-0.2, -0.15) is 5.26 Å². The minimum Gasteiger partial charge on any atom is -0.467 e. The Balaban J connectivity index is 1.61. The molecule has 0 fully saturated rings. The topological polar surface area (TPSA) is 98.8 Å². The predicted octanol–water partition coefficient (Wildman–Crippen LogP) is 3.86. The number of nitriles is 1. The van der Waals surface area contributed by atoms with Crippen molar-refractivity contribution in [2.75, 3.05) is 12.3 Å². The van der Waals surface area contributed by atoms with Gasteiger partial charge in [-0.3, -0.25) is 9.89 Å². The summed E-state index contributed by atoms with van der Waals surface area (Å²) in [5, 5.41) is 16.4. The van der Waals surface area contributed by atoms with Crippen LogP contribution in [0.2, 0.25) is 0 Å². The zero-order valence-corrected chi connectivity index (χ0v) is 16.7. The monoisotopic (exact) mass is 445 g/mol. The summed E-state index contributed by atoms with van der Waals surface area (Å²) in [7, 11) is 0. The van der Waals surface area contributed by atoms with Crippen LogP contribution in [0.5, 0.6) is 0 Å². The molecule has 1 N–H and O–H groups in total. The molecule has 138 valence electrons. The Hall–Kier alpha value is -2.57. The third kappa shape index (κ3) is 5.21. The number of rotatable bonds is 8. The van der Waals surface area contributed by atoms with Crippen molar-refractivity contribution in [3.05, 3.63) is 52.9 Å². The van der Waals surface area contributed by atoms with Crippen molar-refractivity contribution in [3.63, 3.8) is 0 Å². The van der Waals surface area contributed by atoms with E-state index < -0.39 is 0 Å². The van der Waals surface area contributed by atoms with Crippen molar-refractivity contribution in [3.8, 4) is 17.5 Å². The average Bonchev–Trinajstić information content (AvgIpc) is 3.35. The van der Waals surface area contributed by atoms with Crippen LogP contribution in [0.15, 0.2) is 56.7 Å². The van der Waals surface area contributed by atoms with Gasteiger partial charge >= 0.3 is 0 Å². The number of carbonyl (C=O) groups excluding carboxylic acids is 1. The highest BCUT2D eigenvalue weighted by atomic mass is 79.9. The minimum atomic E-state index is -0.0982. The van der Waals surface area contributed by atoms with E-state index in [1.165, 1.54) is 11.8 Å². The molecule has 1 aromatic carbocycles. The van der Waals surface area contributed by atoms with Crippen molar-refractivity contribution in [2.24, 2.45) is 0 Å². The van der Waals surface area contributed by atoms with Crippen molar-refractivity contribution < 1.29 is 9.21 Å². The van der Waals surface area contributed by atoms with Gasteiger partial charge in [0, 0.05) is 16.6 Å². The Bertz CT molecular complexity index is 935. The molecule has 0 aliphatic carbocycles. The molecule has 7 nitrogen and oxygen atoms in total. The molecule has 2 heterocycles. The number of furan rings is 1. The highest BCUT2D eigenvalue weighted by molar-refractivity contribution is 9.10. The van der Waals surface area contributed by atoms with Gasteiger partial charge in [0.15, 0.2) is 5.82 Å². The highest BCUT2D eigenvalue weighted by Crippen LogP contribution is 2.26. The first kappa shape index (κ1) is 19.2. The molecule has 0 atom stereocenters. The predicted molar refractivity (Wildman–Crippen MR) is 105 cm³/mol. The molecule has 27 heavy (non-hydrogen) atoms. The normalized spacial score (nSPS) is 10.5. The molecule has 0 radical (unpaired) electrons. The van der Waals surface area contributed by atoms with Crippen LogP contribution in [0, 0.1) is 11.3 Å². The molecule has 0 saturated carbocycles. The molecule has 0 bridgehead atoms. The lowest BCUT2D eigenvalue weighted by Crippen LogP contribution is -2.32. The average molecular weight is 446 g/mol. The number of aromatic nitrogens is 3. The van der Waals surface area contributed by atoms with Gasteiger partial charge in [-0.25, -0.2) is 4.98 Å². The number of halogens is 1. The number of aromatic amines is 1. The van der Waals surface area contributed by atoms with Crippen molar-refractivity contribution in [1.82, 2.24) is 20.1 Å². The van der Waals surface area contributed by atoms with Gasteiger partial charge in [-0.1, -0.05) is 45.9 Å². The summed E-state index contributed by atoms with van der Waals surface area (Å²) in [4.78, 5) is 18.6. The van der Waals surface area contributed by atoms with Gasteiger partial charge in [-0.15, -0.1) is 5.10 Å². The number of nitrogens with one attached hydrogen (secondary N) is 1. The number of amides is 1. The molecule has 3 rings (SSSR count). The molecule has 0 saturated heterocycles. The van der Waals surface area contributed by atoms with E-state index in [2.05, 4.69) is 37.2 Å². The van der Waals surface area contributed by atoms with E-state index in [4.69, 9.17) is 9.68 Å². The van der Waals surface area contributed by atoms with Crippen molar-refractivity contribution >= 4 is 33.6 Å². The summed E-state index contributed by atoms with van der Waals surface area (Å²) in [6.07, 6.45) is 1.83. The quantitative estimate of drug-likeness (QED) is 0.528. The van der Waals surface area contributed by atoms with E-state index in [9.17, 15) is 4.79 Å². The van der Waals surface area contributed by atoms with Gasteiger partial charge in [0.25, 0.3) is 0 Å². The van der Waals surface area contributed by atoms with Gasteiger partial charge in [-0.05, 0) is 18.2 Å². The SMILES string of the molecule is N#CCCN(Cc1ccco1)C(=O)CSc1n[nH]c(-c2ccccc2Br)n1. The molecule has 1 amide bonds. The lowest BCUT2D eigenvalue weighted by atomic mass is 10.2. The number of hydrogen-bond acceptors (Lipinski definition) is 6. The zero-order valence-electron chi connectivity index (χ0n) is 14.3. The fourth-order valence-electron chi connectivity index (χ4n) is 2.37. The fraction of sp³-hybridized carbons (Fsp3) is 0.222. The Kier molecular flexibility index (Phi) is 6.68. The molecule has 2 aromatic heterocycles. The zero-order chi connectivity index (χ0) is 19.1. The second kappa shape index (κ2) is 9.39. The van der Waals surface area contributed by atoms with Crippen molar-refractivity contribution in [2.45, 2.75) is 18.1 Å². The molecular formula is C18H16BrN5O2S. The van der Waals surface area contributed by atoms with Crippen LogP contribution < -0.4 is 0 Å². The maximum atomic E-state index is 12.6. The standard InChI is InChI=1S/C18H16BrN5O2S/c19-15-7-2-1-6-14(15)17-21-18(23-22-17)27-12-16(25)24(9-4-8-20)11-13-5-3-10-26-13/h1-3,5-7,10H,4,9,11-12H2,(H,21,22,23). The third-order valence-corrected chi connectivity index (χ3v) is 5.22. The Labute approximate surface area is 168 Å². The van der Waals surface area contributed by atoms with Crippen LogP contribution in [0.4, 0.5) is 0 Å². The summed E-state index contributed by atoms with van der Waals surface area (Å²) in [5.74, 6) is 1.40. The number of nitrogens with zero attached hydrogens (tertiary/aromatic N) is 4. The number of thioether (sulfide) groups is 1. The maximum absolute atomic E-state index is 12.6. The highest BCUT2D eigenvalue weighted by Gasteiger charge is 2.17. The molecule has 0 spiro atoms. The van der Waals surface area contributed by atoms with Crippen LogP contribution in [0.1, 0.15) is 12.2 Å². The van der Waals surface area contributed by atoms with Crippen LogP contribution in [-0.2, 0) is 11.3 Å². The first-order chi connectivity index (χ1) is 13.2. The van der Waals surface area contributed by atoms with Crippen LogP contribution in [0.3, 0.4) is 0 Å². The van der Waals surface area contributed by atoms with Gasteiger partial charge in [0.2, 0.25) is 11.1 Å². The van der Waals surface area contributed by atoms with Crippen LogP contribution in [0.25, 0.3) is 11.4 Å². The molecule has 9 heteroatoms. The number of carbonyl (C=O) groups is 1. The molecule has 0 unspecified atom stereocenters. The smallest absolute Gasteiger partial charge is 0.233 e. The second-order valence-electron chi connectivity index (χ2n) is 5.54. The lowest BCUT2D eigenvalue weighted by Gasteiger charge is -2.19. The van der Waals surface area contributed by atoms with Gasteiger partial charge in [0.05, 0.1) is 31.1 Å². The van der Waals surface area contributed by atoms with Crippen LogP contribution in [-0.4, -0.2) is 38.3 Å². The first-order valence-corrected chi connectivity index (χ1v) is 9.92. The summed E-state index contributed by atoms with van der Waals surface area (Å²) >= 11 is 4.74. The molecule has 3 aromatic rings. The molecule has 0 aliphatic heterocycles. The fourth-order valence-corrected chi connectivity index (χ4v) is 3.54. The Morgan fingerprint density at radius 1 is 1.33 bits per heavy atom. The van der Waals surface area contributed by atoms with Crippen LogP contribution >= 0.6 is 27.7 Å². The second-order valence-corrected chi connectivity index (χ2v) is 7.33. The number of hydrogen-bond donors (Lipinski definition) is 1. The first-order valence-electron chi connectivity index (χ1n) is 8.14. The largest absolute Gasteiger partial charge is 0.467 e. The van der Waals surface area contributed by atoms with E-state index in [0.29, 0.717) is 29.8 Å². The van der Waals surface area contributed by atoms with Gasteiger partial charge < -0.3 is 9.32 Å². The lowest BCUT2D eigenvalue weighted by molar-refractivity contribution is -0.129. The minimum absolute atomic E-state index is 0.0982. The van der Waals surface area contributed by atoms with E-state index in [-0.39, 0.29) is 18.1 Å². The summed E-state index contributed by atoms with van der Waals surface area (Å²) in [6.45, 7) is 0.692. The van der Waals surface area contributed by atoms with Crippen molar-refractivity contribution in [1.29, 1.82) is 5.26 Å². The maximum Gasteiger partial charge on any atom is 0.233 e. The van der Waals surface area contributed by atoms with E-state index in [1.807, 2.05) is 24.3 Å². The Morgan fingerprint density at radius 2 is 2.19 bits per heavy atom. The summed E-state index contributed by atoms with van der Waals surface area (Å²) < 4.78 is 6.21. The molecular weight excluding hydrogens is 430 g/mol. The summed E-state index contributed by atoms with van der Waals surface area (Å²) in [5.41, 5.74) is 0.900. The van der Waals surface area contributed by atoms with E-state index in [1.54, 1.807) is 23.3 Å². The third-order valence-electron chi connectivity index (χ3n) is 3.69. The molecule has 0 aliphatic rings. The number of H-pyrrole nitrogens is 1. The van der Waals surface area contributed by atoms with E-state index in [0.717, 1.165) is 10.0 Å². The summed E-state index contributed by atoms with van der Waals surface area (Å²) in [6, 6.07) is 13.3. The van der Waals surface area contributed by atoms with E-state index >= 15 is 0 Å². The Morgan fingerprint density at radius 3 is 2.93 bits per heavy atom.